The minimum atomic E-state index is 0.668. The van der Waals surface area contributed by atoms with Crippen LogP contribution in [0, 0.1) is 6.92 Å². The molecule has 0 aliphatic heterocycles. The SMILES string of the molecule is C=C(C)c1ccc(-c2nc(-c3ccc(C(C)=Nc4ccccc4C)cc3)nc3c(-c4ccc5c6c(cccc46)-c4ccccc4-5)cc(-c4ccc5c6c(cccc46)-c4ccccc4-5)cc23)cc1. The van der Waals surface area contributed by atoms with Gasteiger partial charge in [0.05, 0.1) is 16.9 Å². The molecule has 1 aromatic heterocycles. The Balaban J connectivity index is 1.08. The highest BCUT2D eigenvalue weighted by atomic mass is 14.9. The van der Waals surface area contributed by atoms with Crippen LogP contribution in [-0.4, -0.2) is 15.7 Å². The fourth-order valence-corrected chi connectivity index (χ4v) is 10.8. The third-order valence-electron chi connectivity index (χ3n) is 14.1. The highest BCUT2D eigenvalue weighted by Gasteiger charge is 2.26. The Kier molecular flexibility index (Phi) is 8.72. The van der Waals surface area contributed by atoms with Gasteiger partial charge in [-0.15, -0.1) is 0 Å². The highest BCUT2D eigenvalue weighted by Crippen LogP contribution is 2.52. The lowest BCUT2D eigenvalue weighted by Crippen LogP contribution is -1.99. The summed E-state index contributed by atoms with van der Waals surface area (Å²) in [4.78, 5) is 16.2. The van der Waals surface area contributed by atoms with Crippen LogP contribution in [0.5, 0.6) is 0 Å². The zero-order valence-corrected chi connectivity index (χ0v) is 37.5. The lowest BCUT2D eigenvalue weighted by atomic mass is 9.88. The van der Waals surface area contributed by atoms with Gasteiger partial charge in [-0.05, 0) is 138 Å². The lowest BCUT2D eigenvalue weighted by molar-refractivity contribution is 1.23. The zero-order valence-electron chi connectivity index (χ0n) is 37.5. The predicted octanol–water partition coefficient (Wildman–Crippen LogP) is 17.4. The van der Waals surface area contributed by atoms with Gasteiger partial charge in [-0.2, -0.15) is 0 Å². The molecule has 3 nitrogen and oxygen atoms in total. The first kappa shape index (κ1) is 38.9. The van der Waals surface area contributed by atoms with E-state index < -0.39 is 0 Å². The van der Waals surface area contributed by atoms with E-state index in [2.05, 4.69) is 215 Å². The summed E-state index contributed by atoms with van der Waals surface area (Å²) in [5, 5.41) is 6.02. The van der Waals surface area contributed by atoms with Crippen molar-refractivity contribution in [3.63, 3.8) is 0 Å². The number of aliphatic imine (C=N–C) groups is 1. The van der Waals surface area contributed by atoms with Gasteiger partial charge in [0.25, 0.3) is 0 Å². The molecule has 0 bridgehead atoms. The number of benzene rings is 10. The molecule has 314 valence electrons. The summed E-state index contributed by atoms with van der Waals surface area (Å²) in [7, 11) is 0. The lowest BCUT2D eigenvalue weighted by Gasteiger charge is -2.18. The number of aromatic nitrogens is 2. The standard InChI is InChI=1S/C64H43N3/c1-37(2)40-23-27-42(28-24-40)62-58-36-44(45-31-33-55-48-16-8-6-14-46(48)52-19-11-18-51(45)60(52)55)35-57(50-32-34-56-49-17-9-7-15-47(49)53-20-12-21-54(50)61(53)56)63(58)67-64(66-62)43-29-25-41(26-30-43)39(4)65-59-22-10-5-13-38(59)3/h5-36H,1H2,2-4H3. The largest absolute Gasteiger partial charge is 0.253 e. The van der Waals surface area contributed by atoms with Gasteiger partial charge < -0.3 is 0 Å². The smallest absolute Gasteiger partial charge is 0.160 e. The third kappa shape index (κ3) is 6.09. The molecule has 0 unspecified atom stereocenters. The van der Waals surface area contributed by atoms with E-state index in [1.54, 1.807) is 0 Å². The molecule has 67 heavy (non-hydrogen) atoms. The van der Waals surface area contributed by atoms with Crippen LogP contribution >= 0.6 is 0 Å². The second-order valence-electron chi connectivity index (χ2n) is 18.1. The molecule has 0 radical (unpaired) electrons. The fourth-order valence-electron chi connectivity index (χ4n) is 10.8. The van der Waals surface area contributed by atoms with Crippen LogP contribution in [0.3, 0.4) is 0 Å². The van der Waals surface area contributed by atoms with E-state index in [1.165, 1.54) is 71.6 Å². The van der Waals surface area contributed by atoms with E-state index in [-0.39, 0.29) is 0 Å². The number of hydrogen-bond acceptors (Lipinski definition) is 3. The van der Waals surface area contributed by atoms with Gasteiger partial charge in [0.1, 0.15) is 0 Å². The number of nitrogens with zero attached hydrogens (tertiary/aromatic N) is 3. The number of hydrogen-bond donors (Lipinski definition) is 0. The van der Waals surface area contributed by atoms with Crippen LogP contribution in [0.1, 0.15) is 30.5 Å². The molecule has 1 heterocycles. The molecule has 2 aliphatic rings. The summed E-state index contributed by atoms with van der Waals surface area (Å²) in [5.41, 5.74) is 24.8. The van der Waals surface area contributed by atoms with E-state index in [9.17, 15) is 0 Å². The maximum Gasteiger partial charge on any atom is 0.160 e. The van der Waals surface area contributed by atoms with Crippen molar-refractivity contribution in [2.45, 2.75) is 20.8 Å². The maximum absolute atomic E-state index is 5.62. The molecular weight excluding hydrogens is 811 g/mol. The molecule has 2 aliphatic carbocycles. The Morgan fingerprint density at radius 1 is 0.403 bits per heavy atom. The topological polar surface area (TPSA) is 38.1 Å². The minimum absolute atomic E-state index is 0.668. The Labute approximate surface area is 390 Å². The van der Waals surface area contributed by atoms with Crippen LogP contribution in [0.15, 0.2) is 206 Å². The fraction of sp³-hybridized carbons (Fsp3) is 0.0469. The van der Waals surface area contributed by atoms with Crippen molar-refractivity contribution < 1.29 is 0 Å². The van der Waals surface area contributed by atoms with Crippen molar-refractivity contribution in [1.29, 1.82) is 0 Å². The Morgan fingerprint density at radius 3 is 1.52 bits per heavy atom. The second kappa shape index (κ2) is 15.0. The van der Waals surface area contributed by atoms with E-state index in [0.29, 0.717) is 5.82 Å². The van der Waals surface area contributed by atoms with E-state index in [4.69, 9.17) is 15.0 Å². The first-order valence-electron chi connectivity index (χ1n) is 23.0. The number of fused-ring (bicyclic) bond motifs is 7. The summed E-state index contributed by atoms with van der Waals surface area (Å²) in [5.74, 6) is 0.668. The van der Waals surface area contributed by atoms with Crippen molar-refractivity contribution in [3.8, 4) is 89.4 Å². The van der Waals surface area contributed by atoms with Crippen LogP contribution < -0.4 is 0 Å². The summed E-state index contributed by atoms with van der Waals surface area (Å²) >= 11 is 0. The normalized spacial score (nSPS) is 12.3. The van der Waals surface area contributed by atoms with E-state index >= 15 is 0 Å². The van der Waals surface area contributed by atoms with Gasteiger partial charge in [-0.1, -0.05) is 188 Å². The molecule has 0 saturated carbocycles. The third-order valence-corrected chi connectivity index (χ3v) is 14.1. The summed E-state index contributed by atoms with van der Waals surface area (Å²) in [6.07, 6.45) is 0. The molecular formula is C64H43N3. The van der Waals surface area contributed by atoms with Crippen LogP contribution in [0.4, 0.5) is 5.69 Å². The van der Waals surface area contributed by atoms with Crippen molar-refractivity contribution >= 4 is 49.4 Å². The molecule has 0 N–H and O–H groups in total. The summed E-state index contributed by atoms with van der Waals surface area (Å²) in [6.45, 7) is 10.5. The second-order valence-corrected chi connectivity index (χ2v) is 18.1. The Hall–Kier alpha value is -8.53. The van der Waals surface area contributed by atoms with Crippen molar-refractivity contribution in [1.82, 2.24) is 9.97 Å². The van der Waals surface area contributed by atoms with Crippen molar-refractivity contribution in [2.24, 2.45) is 4.99 Å². The van der Waals surface area contributed by atoms with Crippen LogP contribution in [0.25, 0.3) is 127 Å². The average Bonchev–Trinajstić information content (AvgIpc) is 3.88. The molecule has 3 heteroatoms. The summed E-state index contributed by atoms with van der Waals surface area (Å²) in [6, 6.07) is 70.6. The summed E-state index contributed by atoms with van der Waals surface area (Å²) < 4.78 is 0. The Bertz CT molecular complexity index is 3890. The molecule has 10 aromatic carbocycles. The quantitative estimate of drug-likeness (QED) is 0.150. The number of para-hydroxylation sites is 1. The first-order valence-corrected chi connectivity index (χ1v) is 23.0. The zero-order chi connectivity index (χ0) is 44.9. The highest BCUT2D eigenvalue weighted by molar-refractivity contribution is 6.22. The Morgan fingerprint density at radius 2 is 0.910 bits per heavy atom. The average molecular weight is 854 g/mol. The van der Waals surface area contributed by atoms with Gasteiger partial charge >= 0.3 is 0 Å². The van der Waals surface area contributed by atoms with E-state index in [0.717, 1.165) is 78.1 Å². The van der Waals surface area contributed by atoms with Crippen LogP contribution in [0.2, 0.25) is 0 Å². The van der Waals surface area contributed by atoms with Crippen molar-refractivity contribution in [2.75, 3.05) is 0 Å². The van der Waals surface area contributed by atoms with Crippen LogP contribution in [-0.2, 0) is 0 Å². The molecule has 11 aromatic rings. The first-order chi connectivity index (χ1) is 32.9. The minimum Gasteiger partial charge on any atom is -0.253 e. The number of rotatable bonds is 7. The molecule has 13 rings (SSSR count). The molecule has 0 amide bonds. The van der Waals surface area contributed by atoms with Gasteiger partial charge in [0.15, 0.2) is 5.82 Å². The molecule has 0 atom stereocenters. The number of aryl methyl sites for hydroxylation is 1. The van der Waals surface area contributed by atoms with E-state index in [1.807, 2.05) is 6.07 Å². The van der Waals surface area contributed by atoms with Crippen molar-refractivity contribution in [3.05, 3.63) is 217 Å². The van der Waals surface area contributed by atoms with Gasteiger partial charge in [0.2, 0.25) is 0 Å². The number of allylic oxidation sites excluding steroid dienone is 1. The monoisotopic (exact) mass is 853 g/mol. The maximum atomic E-state index is 5.62. The predicted molar refractivity (Wildman–Crippen MR) is 283 cm³/mol. The van der Waals surface area contributed by atoms with Gasteiger partial charge in [-0.25, -0.2) is 9.97 Å². The molecule has 0 saturated heterocycles. The molecule has 0 spiro atoms. The van der Waals surface area contributed by atoms with Gasteiger partial charge in [0, 0.05) is 27.8 Å². The van der Waals surface area contributed by atoms with Gasteiger partial charge in [-0.3, -0.25) is 4.99 Å². The molecule has 0 fully saturated rings.